The fraction of sp³-hybridized carbons (Fsp3) is 0.500. The summed E-state index contributed by atoms with van der Waals surface area (Å²) < 4.78 is 14.5. The zero-order valence-corrected chi connectivity index (χ0v) is 9.95. The number of hydrogen-bond acceptors (Lipinski definition) is 1. The first-order valence-corrected chi connectivity index (χ1v) is 6.00. The van der Waals surface area contributed by atoms with Crippen molar-refractivity contribution in [1.29, 1.82) is 0 Å². The second kappa shape index (κ2) is 4.47. The number of rotatable bonds is 4. The molecule has 1 N–H and O–H groups in total. The summed E-state index contributed by atoms with van der Waals surface area (Å²) in [5.41, 5.74) is 0.0991. The third-order valence-corrected chi connectivity index (χ3v) is 3.75. The van der Waals surface area contributed by atoms with Crippen LogP contribution in [0.25, 0.3) is 0 Å². The Hall–Kier alpha value is -1.38. The summed E-state index contributed by atoms with van der Waals surface area (Å²) in [5.74, 6) is -0.743. The summed E-state index contributed by atoms with van der Waals surface area (Å²) in [7, 11) is 0. The molecule has 1 aliphatic carbocycles. The van der Waals surface area contributed by atoms with Crippen LogP contribution in [-0.2, 0) is 16.9 Å². The van der Waals surface area contributed by atoms with Gasteiger partial charge in [-0.2, -0.15) is 0 Å². The number of hydrogen-bond donors (Lipinski definition) is 1. The Balaban J connectivity index is 2.13. The topological polar surface area (TPSA) is 37.3 Å². The Morgan fingerprint density at radius 3 is 2.41 bits per heavy atom. The molecule has 1 aromatic rings. The summed E-state index contributed by atoms with van der Waals surface area (Å²) in [5, 5.41) is 8.66. The van der Waals surface area contributed by atoms with Gasteiger partial charge in [-0.3, -0.25) is 4.79 Å². The minimum absolute atomic E-state index is 0.00723. The van der Waals surface area contributed by atoms with Gasteiger partial charge in [0.15, 0.2) is 0 Å². The molecule has 1 unspecified atom stereocenters. The van der Waals surface area contributed by atoms with Gasteiger partial charge < -0.3 is 5.11 Å². The first-order chi connectivity index (χ1) is 8.00. The second-order valence-electron chi connectivity index (χ2n) is 4.97. The van der Waals surface area contributed by atoms with E-state index < -0.39 is 11.6 Å². The van der Waals surface area contributed by atoms with E-state index in [9.17, 15) is 9.18 Å². The van der Waals surface area contributed by atoms with Crippen LogP contribution in [0, 0.1) is 5.92 Å². The van der Waals surface area contributed by atoms with Gasteiger partial charge in [-0.05, 0) is 36.8 Å². The van der Waals surface area contributed by atoms with Crippen LogP contribution >= 0.6 is 0 Å². The number of alkyl halides is 1. The van der Waals surface area contributed by atoms with Crippen molar-refractivity contribution < 1.29 is 14.3 Å². The van der Waals surface area contributed by atoms with E-state index >= 15 is 0 Å². The van der Waals surface area contributed by atoms with Gasteiger partial charge in [-0.25, -0.2) is 4.39 Å². The maximum absolute atomic E-state index is 14.5. The smallest absolute Gasteiger partial charge is 0.307 e. The molecule has 0 aromatic heterocycles. The Bertz CT molecular complexity index is 405. The van der Waals surface area contributed by atoms with Crippen LogP contribution in [0.2, 0.25) is 0 Å². The van der Waals surface area contributed by atoms with Gasteiger partial charge in [0.1, 0.15) is 5.67 Å². The van der Waals surface area contributed by atoms with Gasteiger partial charge >= 0.3 is 5.97 Å². The minimum Gasteiger partial charge on any atom is -0.481 e. The van der Waals surface area contributed by atoms with Crippen molar-refractivity contribution in [1.82, 2.24) is 0 Å². The molecule has 0 bridgehead atoms. The lowest BCUT2D eigenvalue weighted by atomic mass is 9.72. The average Bonchev–Trinajstić information content (AvgIpc) is 2.13. The maximum Gasteiger partial charge on any atom is 0.307 e. The first-order valence-electron chi connectivity index (χ1n) is 6.00. The number of carboxylic acids is 1. The molecule has 2 nitrogen and oxygen atoms in total. The van der Waals surface area contributed by atoms with Crippen LogP contribution in [0.1, 0.15) is 37.3 Å². The van der Waals surface area contributed by atoms with Crippen LogP contribution in [-0.4, -0.2) is 11.1 Å². The molecular weight excluding hydrogens is 219 g/mol. The van der Waals surface area contributed by atoms with Crippen molar-refractivity contribution in [3.05, 3.63) is 35.4 Å². The van der Waals surface area contributed by atoms with Crippen molar-refractivity contribution >= 4 is 5.97 Å². The molecule has 2 rings (SSSR count). The third kappa shape index (κ3) is 2.48. The predicted molar refractivity (Wildman–Crippen MR) is 63.6 cm³/mol. The summed E-state index contributed by atoms with van der Waals surface area (Å²) in [4.78, 5) is 10.5. The first kappa shape index (κ1) is 12.1. The van der Waals surface area contributed by atoms with Crippen molar-refractivity contribution in [3.8, 4) is 0 Å². The molecule has 1 fully saturated rings. The van der Waals surface area contributed by atoms with Crippen LogP contribution in [0.5, 0.6) is 0 Å². The molecule has 0 spiro atoms. The summed E-state index contributed by atoms with van der Waals surface area (Å²) in [6.45, 7) is 1.63. The average molecular weight is 236 g/mol. The normalized spacial score (nSPS) is 19.4. The van der Waals surface area contributed by atoms with Crippen LogP contribution in [0.3, 0.4) is 0 Å². The minimum atomic E-state index is -1.28. The molecule has 1 aliphatic rings. The number of aliphatic carboxylic acids is 1. The Kier molecular flexibility index (Phi) is 3.18. The molecule has 1 saturated carbocycles. The molecule has 0 aliphatic heterocycles. The van der Waals surface area contributed by atoms with Crippen molar-refractivity contribution in [3.63, 3.8) is 0 Å². The Morgan fingerprint density at radius 1 is 1.41 bits per heavy atom. The quantitative estimate of drug-likeness (QED) is 0.870. The zero-order valence-electron chi connectivity index (χ0n) is 9.95. The Labute approximate surface area is 100 Å². The molecule has 1 aromatic carbocycles. The fourth-order valence-electron chi connectivity index (χ4n) is 2.31. The van der Waals surface area contributed by atoms with Crippen molar-refractivity contribution in [2.75, 3.05) is 0 Å². The summed E-state index contributed by atoms with van der Waals surface area (Å²) in [6.07, 6.45) is 3.00. The molecule has 0 heterocycles. The van der Waals surface area contributed by atoms with Crippen molar-refractivity contribution in [2.24, 2.45) is 5.92 Å². The molecular formula is C14H17FO2. The number of carboxylic acid groups (broad SMARTS) is 1. The molecule has 0 amide bonds. The van der Waals surface area contributed by atoms with E-state index in [1.54, 1.807) is 31.2 Å². The molecule has 92 valence electrons. The van der Waals surface area contributed by atoms with E-state index in [0.717, 1.165) is 19.3 Å². The fourth-order valence-corrected chi connectivity index (χ4v) is 2.31. The van der Waals surface area contributed by atoms with Gasteiger partial charge in [0.25, 0.3) is 0 Å². The van der Waals surface area contributed by atoms with E-state index in [4.69, 9.17) is 5.11 Å². The second-order valence-corrected chi connectivity index (χ2v) is 4.97. The lowest BCUT2D eigenvalue weighted by molar-refractivity contribution is -0.136. The molecule has 17 heavy (non-hydrogen) atoms. The predicted octanol–water partition coefficient (Wildman–Crippen LogP) is 3.30. The van der Waals surface area contributed by atoms with E-state index in [1.807, 2.05) is 0 Å². The maximum atomic E-state index is 14.5. The largest absolute Gasteiger partial charge is 0.481 e. The monoisotopic (exact) mass is 236 g/mol. The van der Waals surface area contributed by atoms with Gasteiger partial charge in [-0.1, -0.05) is 30.7 Å². The highest BCUT2D eigenvalue weighted by Gasteiger charge is 2.39. The molecule has 0 saturated heterocycles. The van der Waals surface area contributed by atoms with E-state index in [-0.39, 0.29) is 12.3 Å². The standard InChI is InChI=1S/C14H17FO2/c1-14(15,11-3-2-4-11)12-7-5-10(6-8-12)9-13(16)17/h5-8,11H,2-4,9H2,1H3,(H,16,17). The van der Waals surface area contributed by atoms with E-state index in [1.165, 1.54) is 0 Å². The molecule has 1 atom stereocenters. The van der Waals surface area contributed by atoms with Gasteiger partial charge in [0.2, 0.25) is 0 Å². The van der Waals surface area contributed by atoms with Crippen LogP contribution < -0.4 is 0 Å². The highest BCUT2D eigenvalue weighted by molar-refractivity contribution is 5.70. The SMILES string of the molecule is CC(F)(c1ccc(CC(=O)O)cc1)C1CCC1. The third-order valence-electron chi connectivity index (χ3n) is 3.75. The lowest BCUT2D eigenvalue weighted by Gasteiger charge is -2.37. The molecule has 3 heteroatoms. The van der Waals surface area contributed by atoms with Gasteiger partial charge in [-0.15, -0.1) is 0 Å². The number of halogens is 1. The van der Waals surface area contributed by atoms with Crippen LogP contribution in [0.4, 0.5) is 4.39 Å². The number of benzene rings is 1. The summed E-state index contributed by atoms with van der Waals surface area (Å²) >= 11 is 0. The highest BCUT2D eigenvalue weighted by Crippen LogP contribution is 2.44. The Morgan fingerprint density at radius 2 is 2.00 bits per heavy atom. The van der Waals surface area contributed by atoms with Gasteiger partial charge in [0, 0.05) is 0 Å². The van der Waals surface area contributed by atoms with Gasteiger partial charge in [0.05, 0.1) is 6.42 Å². The molecule has 0 radical (unpaired) electrons. The zero-order chi connectivity index (χ0) is 12.5. The summed E-state index contributed by atoms with van der Waals surface area (Å²) in [6, 6.07) is 6.85. The number of carbonyl (C=O) groups is 1. The van der Waals surface area contributed by atoms with Crippen molar-refractivity contribution in [2.45, 2.75) is 38.3 Å². The lowest BCUT2D eigenvalue weighted by Crippen LogP contribution is -2.32. The van der Waals surface area contributed by atoms with Crippen LogP contribution in [0.15, 0.2) is 24.3 Å². The van der Waals surface area contributed by atoms with E-state index in [2.05, 4.69) is 0 Å². The van der Waals surface area contributed by atoms with E-state index in [0.29, 0.717) is 11.1 Å². The highest BCUT2D eigenvalue weighted by atomic mass is 19.1.